The van der Waals surface area contributed by atoms with Crippen LogP contribution in [-0.4, -0.2) is 29.9 Å². The van der Waals surface area contributed by atoms with Crippen molar-refractivity contribution < 1.29 is 9.84 Å². The van der Waals surface area contributed by atoms with Crippen LogP contribution in [0.3, 0.4) is 0 Å². The van der Waals surface area contributed by atoms with Crippen molar-refractivity contribution in [3.05, 3.63) is 29.3 Å². The standard InChI is InChI=1S/C17H29NO2/c1-13(2)18-17(5,12-19)7-6-8-20-16-10-14(3)9-15(4)11-16/h9-11,13,18-19H,6-8,12H2,1-5H3. The van der Waals surface area contributed by atoms with Crippen LogP contribution in [0.15, 0.2) is 18.2 Å². The van der Waals surface area contributed by atoms with Gasteiger partial charge in [-0.3, -0.25) is 0 Å². The molecule has 1 aromatic carbocycles. The van der Waals surface area contributed by atoms with Gasteiger partial charge in [0.05, 0.1) is 13.2 Å². The van der Waals surface area contributed by atoms with Crippen molar-refractivity contribution in [1.82, 2.24) is 5.32 Å². The van der Waals surface area contributed by atoms with Crippen molar-refractivity contribution in [2.24, 2.45) is 0 Å². The quantitative estimate of drug-likeness (QED) is 0.718. The van der Waals surface area contributed by atoms with E-state index < -0.39 is 0 Å². The fourth-order valence-corrected chi connectivity index (χ4v) is 2.56. The molecule has 114 valence electrons. The van der Waals surface area contributed by atoms with Crippen molar-refractivity contribution in [3.8, 4) is 5.75 Å². The van der Waals surface area contributed by atoms with Crippen LogP contribution in [0.4, 0.5) is 0 Å². The maximum atomic E-state index is 9.52. The smallest absolute Gasteiger partial charge is 0.119 e. The molecule has 2 N–H and O–H groups in total. The fourth-order valence-electron chi connectivity index (χ4n) is 2.56. The summed E-state index contributed by atoms with van der Waals surface area (Å²) < 4.78 is 5.80. The minimum atomic E-state index is -0.222. The summed E-state index contributed by atoms with van der Waals surface area (Å²) in [6, 6.07) is 6.63. The number of hydrogen-bond donors (Lipinski definition) is 2. The number of rotatable bonds is 8. The zero-order valence-electron chi connectivity index (χ0n) is 13.5. The van der Waals surface area contributed by atoms with Gasteiger partial charge in [0, 0.05) is 11.6 Å². The second-order valence-corrected chi connectivity index (χ2v) is 6.29. The van der Waals surface area contributed by atoms with Gasteiger partial charge in [0.25, 0.3) is 0 Å². The maximum absolute atomic E-state index is 9.52. The van der Waals surface area contributed by atoms with Crippen LogP contribution in [0.5, 0.6) is 5.75 Å². The summed E-state index contributed by atoms with van der Waals surface area (Å²) in [6.07, 6.45) is 1.82. The average Bonchev–Trinajstić information content (AvgIpc) is 2.33. The van der Waals surface area contributed by atoms with Gasteiger partial charge >= 0.3 is 0 Å². The molecule has 0 fully saturated rings. The van der Waals surface area contributed by atoms with E-state index in [-0.39, 0.29) is 12.1 Å². The Bertz CT molecular complexity index is 397. The highest BCUT2D eigenvalue weighted by Crippen LogP contribution is 2.18. The molecule has 0 aliphatic carbocycles. The first-order valence-corrected chi connectivity index (χ1v) is 7.44. The molecule has 0 aliphatic rings. The van der Waals surface area contributed by atoms with Gasteiger partial charge in [-0.1, -0.05) is 19.9 Å². The first-order valence-electron chi connectivity index (χ1n) is 7.44. The summed E-state index contributed by atoms with van der Waals surface area (Å²) in [5.74, 6) is 0.935. The van der Waals surface area contributed by atoms with E-state index in [1.165, 1.54) is 11.1 Å². The van der Waals surface area contributed by atoms with Crippen LogP contribution >= 0.6 is 0 Å². The highest BCUT2D eigenvalue weighted by molar-refractivity contribution is 5.32. The average molecular weight is 279 g/mol. The summed E-state index contributed by atoms with van der Waals surface area (Å²) in [5.41, 5.74) is 2.23. The lowest BCUT2D eigenvalue weighted by Gasteiger charge is -2.31. The summed E-state index contributed by atoms with van der Waals surface area (Å²) in [5, 5.41) is 12.9. The van der Waals surface area contributed by atoms with Crippen LogP contribution in [0, 0.1) is 13.8 Å². The Balaban J connectivity index is 2.40. The third-order valence-corrected chi connectivity index (χ3v) is 3.32. The molecule has 0 amide bonds. The van der Waals surface area contributed by atoms with Gasteiger partial charge in [-0.15, -0.1) is 0 Å². The monoisotopic (exact) mass is 279 g/mol. The SMILES string of the molecule is Cc1cc(C)cc(OCCCC(C)(CO)NC(C)C)c1. The van der Waals surface area contributed by atoms with Crippen LogP contribution in [0.1, 0.15) is 44.7 Å². The molecule has 0 bridgehead atoms. The van der Waals surface area contributed by atoms with Gasteiger partial charge in [-0.2, -0.15) is 0 Å². The van der Waals surface area contributed by atoms with Crippen molar-refractivity contribution in [1.29, 1.82) is 0 Å². The van der Waals surface area contributed by atoms with Crippen molar-refractivity contribution in [3.63, 3.8) is 0 Å². The second kappa shape index (κ2) is 7.65. The third-order valence-electron chi connectivity index (χ3n) is 3.32. The fraction of sp³-hybridized carbons (Fsp3) is 0.647. The van der Waals surface area contributed by atoms with Gasteiger partial charge in [-0.05, 0) is 56.9 Å². The molecule has 1 unspecified atom stereocenters. The molecule has 1 atom stereocenters. The molecule has 3 heteroatoms. The Morgan fingerprint density at radius 2 is 1.80 bits per heavy atom. The lowest BCUT2D eigenvalue weighted by Crippen LogP contribution is -2.49. The van der Waals surface area contributed by atoms with Crippen LogP contribution in [-0.2, 0) is 0 Å². The predicted octanol–water partition coefficient (Wildman–Crippen LogP) is 3.21. The van der Waals surface area contributed by atoms with E-state index in [1.807, 2.05) is 0 Å². The summed E-state index contributed by atoms with van der Waals surface area (Å²) in [4.78, 5) is 0. The first-order chi connectivity index (χ1) is 9.34. The zero-order valence-corrected chi connectivity index (χ0v) is 13.5. The van der Waals surface area contributed by atoms with Crippen molar-refractivity contribution in [2.45, 2.75) is 59.0 Å². The Labute approximate surface area is 123 Å². The molecule has 0 saturated heterocycles. The number of aryl methyl sites for hydroxylation is 2. The van der Waals surface area contributed by atoms with Gasteiger partial charge in [0.2, 0.25) is 0 Å². The number of aliphatic hydroxyl groups is 1. The van der Waals surface area contributed by atoms with E-state index in [2.05, 4.69) is 58.1 Å². The van der Waals surface area contributed by atoms with Crippen LogP contribution < -0.4 is 10.1 Å². The van der Waals surface area contributed by atoms with Gasteiger partial charge < -0.3 is 15.2 Å². The molecule has 0 aromatic heterocycles. The van der Waals surface area contributed by atoms with E-state index in [4.69, 9.17) is 4.74 Å². The van der Waals surface area contributed by atoms with Crippen LogP contribution in [0.25, 0.3) is 0 Å². The maximum Gasteiger partial charge on any atom is 0.119 e. The first kappa shape index (κ1) is 17.0. The number of benzene rings is 1. The van der Waals surface area contributed by atoms with E-state index in [9.17, 15) is 5.11 Å². The minimum Gasteiger partial charge on any atom is -0.494 e. The summed E-state index contributed by atoms with van der Waals surface area (Å²) >= 11 is 0. The number of hydrogen-bond acceptors (Lipinski definition) is 3. The molecule has 1 aromatic rings. The van der Waals surface area contributed by atoms with E-state index in [1.54, 1.807) is 0 Å². The lowest BCUT2D eigenvalue weighted by atomic mass is 9.96. The molecule has 0 radical (unpaired) electrons. The van der Waals surface area contributed by atoms with E-state index in [0.717, 1.165) is 18.6 Å². The molecule has 1 rings (SSSR count). The molecule has 0 spiro atoms. The predicted molar refractivity (Wildman–Crippen MR) is 84.4 cm³/mol. The largest absolute Gasteiger partial charge is 0.494 e. The molecule has 0 saturated carbocycles. The van der Waals surface area contributed by atoms with Gasteiger partial charge in [-0.25, -0.2) is 0 Å². The van der Waals surface area contributed by atoms with Crippen molar-refractivity contribution >= 4 is 0 Å². The Hall–Kier alpha value is -1.06. The minimum absolute atomic E-state index is 0.148. The molecular weight excluding hydrogens is 250 g/mol. The van der Waals surface area contributed by atoms with E-state index in [0.29, 0.717) is 12.6 Å². The second-order valence-electron chi connectivity index (χ2n) is 6.29. The van der Waals surface area contributed by atoms with E-state index >= 15 is 0 Å². The van der Waals surface area contributed by atoms with Gasteiger partial charge in [0.1, 0.15) is 5.75 Å². The Morgan fingerprint density at radius 1 is 1.20 bits per heavy atom. The number of ether oxygens (including phenoxy) is 1. The lowest BCUT2D eigenvalue weighted by molar-refractivity contribution is 0.147. The molecule has 20 heavy (non-hydrogen) atoms. The zero-order chi connectivity index (χ0) is 15.2. The van der Waals surface area contributed by atoms with Crippen LogP contribution in [0.2, 0.25) is 0 Å². The number of nitrogens with one attached hydrogen (secondary N) is 1. The molecule has 3 nitrogen and oxygen atoms in total. The third kappa shape index (κ3) is 5.93. The molecule has 0 aliphatic heterocycles. The Kier molecular flexibility index (Phi) is 6.50. The van der Waals surface area contributed by atoms with Crippen molar-refractivity contribution in [2.75, 3.05) is 13.2 Å². The summed E-state index contributed by atoms with van der Waals surface area (Å²) in [7, 11) is 0. The highest BCUT2D eigenvalue weighted by atomic mass is 16.5. The van der Waals surface area contributed by atoms with Gasteiger partial charge in [0.15, 0.2) is 0 Å². The number of aliphatic hydroxyl groups excluding tert-OH is 1. The topological polar surface area (TPSA) is 41.5 Å². The highest BCUT2D eigenvalue weighted by Gasteiger charge is 2.23. The normalized spacial score (nSPS) is 14.3. The molecular formula is C17H29NO2. The molecule has 0 heterocycles. The Morgan fingerprint density at radius 3 is 2.30 bits per heavy atom. The summed E-state index contributed by atoms with van der Waals surface area (Å²) in [6.45, 7) is 11.2.